The van der Waals surface area contributed by atoms with Crippen LogP contribution < -0.4 is 10.0 Å². The fourth-order valence-electron chi connectivity index (χ4n) is 3.24. The van der Waals surface area contributed by atoms with E-state index in [2.05, 4.69) is 20.1 Å². The van der Waals surface area contributed by atoms with Gasteiger partial charge in [0, 0.05) is 29.6 Å². The van der Waals surface area contributed by atoms with Crippen LogP contribution in [0.25, 0.3) is 16.3 Å². The van der Waals surface area contributed by atoms with E-state index in [0.29, 0.717) is 17.9 Å². The van der Waals surface area contributed by atoms with Crippen LogP contribution in [0.1, 0.15) is 23.1 Å². The fourth-order valence-corrected chi connectivity index (χ4v) is 5.33. The zero-order valence-corrected chi connectivity index (χ0v) is 19.5. The minimum Gasteiger partial charge on any atom is -0.326 e. The molecule has 0 saturated heterocycles. The molecule has 2 heterocycles. The zero-order chi connectivity index (χ0) is 22.9. The monoisotopic (exact) mass is 469 g/mol. The van der Waals surface area contributed by atoms with Crippen molar-refractivity contribution in [1.29, 1.82) is 0 Å². The van der Waals surface area contributed by atoms with Gasteiger partial charge in [0.05, 0.1) is 10.6 Å². The maximum Gasteiger partial charge on any atom is 0.240 e. The van der Waals surface area contributed by atoms with Crippen molar-refractivity contribution in [3.8, 4) is 11.4 Å². The van der Waals surface area contributed by atoms with E-state index in [1.165, 1.54) is 36.0 Å². The van der Waals surface area contributed by atoms with Crippen LogP contribution in [-0.2, 0) is 21.2 Å². The molecule has 8 nitrogen and oxygen atoms in total. The number of nitrogens with zero attached hydrogens (tertiary/aromatic N) is 3. The molecule has 10 heteroatoms. The first-order valence-electron chi connectivity index (χ1n) is 10.0. The first-order valence-corrected chi connectivity index (χ1v) is 12.3. The number of hydrogen-bond donors (Lipinski definition) is 2. The molecule has 2 N–H and O–H groups in total. The van der Waals surface area contributed by atoms with Gasteiger partial charge in [0.15, 0.2) is 5.82 Å². The molecule has 1 amide bonds. The van der Waals surface area contributed by atoms with Crippen molar-refractivity contribution >= 4 is 37.9 Å². The number of fused-ring (bicyclic) bond motifs is 1. The Kier molecular flexibility index (Phi) is 6.09. The van der Waals surface area contributed by atoms with Crippen molar-refractivity contribution in [1.82, 2.24) is 19.3 Å². The Hall–Kier alpha value is -3.08. The number of anilines is 1. The van der Waals surface area contributed by atoms with E-state index < -0.39 is 10.0 Å². The van der Waals surface area contributed by atoms with Gasteiger partial charge in [-0.05, 0) is 44.5 Å². The Bertz CT molecular complexity index is 1370. The molecule has 0 aliphatic heterocycles. The molecule has 0 unspecified atom stereocenters. The van der Waals surface area contributed by atoms with Crippen molar-refractivity contribution in [2.45, 2.75) is 32.1 Å². The Morgan fingerprint density at radius 2 is 1.75 bits per heavy atom. The molecule has 4 rings (SSSR count). The van der Waals surface area contributed by atoms with E-state index in [4.69, 9.17) is 0 Å². The number of nitrogens with one attached hydrogen (secondary N) is 2. The van der Waals surface area contributed by atoms with Crippen molar-refractivity contribution < 1.29 is 13.2 Å². The third kappa shape index (κ3) is 4.72. The molecule has 32 heavy (non-hydrogen) atoms. The van der Waals surface area contributed by atoms with Crippen LogP contribution >= 0.6 is 11.3 Å². The second-order valence-electron chi connectivity index (χ2n) is 7.46. The van der Waals surface area contributed by atoms with Gasteiger partial charge in [0.2, 0.25) is 20.9 Å². The van der Waals surface area contributed by atoms with Gasteiger partial charge in [0.1, 0.15) is 0 Å². The summed E-state index contributed by atoms with van der Waals surface area (Å²) in [6, 6.07) is 14.1. The molecule has 0 atom stereocenters. The highest BCUT2D eigenvalue weighted by atomic mass is 32.2. The lowest BCUT2D eigenvalue weighted by atomic mass is 10.1. The third-order valence-electron chi connectivity index (χ3n) is 4.95. The Morgan fingerprint density at radius 3 is 2.38 bits per heavy atom. The molecule has 0 radical (unpaired) electrons. The average molecular weight is 470 g/mol. The van der Waals surface area contributed by atoms with Gasteiger partial charge in [-0.3, -0.25) is 4.79 Å². The predicted octanol–water partition coefficient (Wildman–Crippen LogP) is 3.55. The average Bonchev–Trinajstić information content (AvgIpc) is 3.28. The summed E-state index contributed by atoms with van der Waals surface area (Å²) in [6.45, 7) is 5.65. The third-order valence-corrected chi connectivity index (χ3v) is 7.62. The lowest BCUT2D eigenvalue weighted by Crippen LogP contribution is -2.26. The van der Waals surface area contributed by atoms with Crippen molar-refractivity contribution in [2.75, 3.05) is 11.9 Å². The molecule has 166 valence electrons. The zero-order valence-electron chi connectivity index (χ0n) is 17.9. The van der Waals surface area contributed by atoms with Gasteiger partial charge >= 0.3 is 0 Å². The summed E-state index contributed by atoms with van der Waals surface area (Å²) < 4.78 is 29.6. The number of sulfonamides is 1. The molecular formula is C22H23N5O3S2. The minimum absolute atomic E-state index is 0.147. The molecular weight excluding hydrogens is 446 g/mol. The Balaban J connectivity index is 1.42. The quantitative estimate of drug-likeness (QED) is 0.431. The summed E-state index contributed by atoms with van der Waals surface area (Å²) in [5, 5.41) is 7.23. The SMILES string of the molecule is CC(=O)Nc1ccc(S(=O)(=O)NCCc2sc3nc(-c4ccc(C)cc4)nn3c2C)cc1. The molecule has 0 saturated carbocycles. The van der Waals surface area contributed by atoms with Crippen molar-refractivity contribution in [3.63, 3.8) is 0 Å². The topological polar surface area (TPSA) is 105 Å². The summed E-state index contributed by atoms with van der Waals surface area (Å²) in [5.74, 6) is 0.464. The molecule has 0 spiro atoms. The molecule has 2 aromatic heterocycles. The first kappa shape index (κ1) is 22.1. The van der Waals surface area contributed by atoms with E-state index in [1.807, 2.05) is 42.6 Å². The van der Waals surface area contributed by atoms with E-state index in [0.717, 1.165) is 21.1 Å². The summed E-state index contributed by atoms with van der Waals surface area (Å²) >= 11 is 1.51. The highest BCUT2D eigenvalue weighted by molar-refractivity contribution is 7.89. The molecule has 4 aromatic rings. The minimum atomic E-state index is -3.65. The second kappa shape index (κ2) is 8.81. The Morgan fingerprint density at radius 1 is 1.06 bits per heavy atom. The summed E-state index contributed by atoms with van der Waals surface area (Å²) in [7, 11) is -3.65. The van der Waals surface area contributed by atoms with E-state index >= 15 is 0 Å². The number of aryl methyl sites for hydroxylation is 2. The summed E-state index contributed by atoms with van der Waals surface area (Å²) in [4.78, 5) is 17.7. The summed E-state index contributed by atoms with van der Waals surface area (Å²) in [6.07, 6.45) is 0.532. The number of aromatic nitrogens is 3. The van der Waals surface area contributed by atoms with Gasteiger partial charge in [-0.25, -0.2) is 17.7 Å². The predicted molar refractivity (Wildman–Crippen MR) is 125 cm³/mol. The highest BCUT2D eigenvalue weighted by Crippen LogP contribution is 2.25. The van der Waals surface area contributed by atoms with Crippen LogP contribution in [0.5, 0.6) is 0 Å². The largest absolute Gasteiger partial charge is 0.326 e. The normalized spacial score (nSPS) is 11.7. The molecule has 0 aliphatic rings. The lowest BCUT2D eigenvalue weighted by Gasteiger charge is -2.08. The van der Waals surface area contributed by atoms with E-state index in [9.17, 15) is 13.2 Å². The van der Waals surface area contributed by atoms with Gasteiger partial charge < -0.3 is 5.32 Å². The maximum atomic E-state index is 12.6. The lowest BCUT2D eigenvalue weighted by molar-refractivity contribution is -0.114. The van der Waals surface area contributed by atoms with Crippen LogP contribution in [0, 0.1) is 13.8 Å². The number of carbonyl (C=O) groups excluding carboxylic acids is 1. The van der Waals surface area contributed by atoms with Crippen LogP contribution in [-0.4, -0.2) is 35.5 Å². The maximum absolute atomic E-state index is 12.6. The molecule has 0 bridgehead atoms. The second-order valence-corrected chi connectivity index (χ2v) is 10.3. The van der Waals surface area contributed by atoms with Gasteiger partial charge in [0.25, 0.3) is 0 Å². The van der Waals surface area contributed by atoms with Crippen molar-refractivity contribution in [3.05, 3.63) is 64.7 Å². The highest BCUT2D eigenvalue weighted by Gasteiger charge is 2.17. The van der Waals surface area contributed by atoms with Crippen LogP contribution in [0.4, 0.5) is 5.69 Å². The molecule has 0 fully saturated rings. The molecule has 0 aliphatic carbocycles. The van der Waals surface area contributed by atoms with E-state index in [1.54, 1.807) is 12.1 Å². The van der Waals surface area contributed by atoms with Gasteiger partial charge in [-0.2, -0.15) is 4.98 Å². The number of carbonyl (C=O) groups is 1. The number of hydrogen-bond acceptors (Lipinski definition) is 6. The number of thiazole rings is 1. The van der Waals surface area contributed by atoms with Crippen molar-refractivity contribution in [2.24, 2.45) is 0 Å². The van der Waals surface area contributed by atoms with Gasteiger partial charge in [-0.15, -0.1) is 5.10 Å². The van der Waals surface area contributed by atoms with Gasteiger partial charge in [-0.1, -0.05) is 41.2 Å². The number of amides is 1. The van der Waals surface area contributed by atoms with E-state index in [-0.39, 0.29) is 17.3 Å². The van der Waals surface area contributed by atoms with Crippen LogP contribution in [0.3, 0.4) is 0 Å². The first-order chi connectivity index (χ1) is 15.2. The molecule has 2 aromatic carbocycles. The Labute approximate surface area is 190 Å². The standard InChI is InChI=1S/C22H23N5O3S2/c1-14-4-6-17(7-5-14)21-25-22-27(26-21)15(2)20(31-22)12-13-23-32(29,30)19-10-8-18(9-11-19)24-16(3)28/h4-11,23H,12-13H2,1-3H3,(H,24,28). The fraction of sp³-hybridized carbons (Fsp3) is 0.227. The van der Waals surface area contributed by atoms with Crippen LogP contribution in [0.2, 0.25) is 0 Å². The number of rotatable bonds is 7. The van der Waals surface area contributed by atoms with Crippen LogP contribution in [0.15, 0.2) is 53.4 Å². The smallest absolute Gasteiger partial charge is 0.240 e. The summed E-state index contributed by atoms with van der Waals surface area (Å²) in [5.41, 5.74) is 3.64. The number of benzene rings is 2.